The first kappa shape index (κ1) is 17.4. The summed E-state index contributed by atoms with van der Waals surface area (Å²) < 4.78 is 1.56. The summed E-state index contributed by atoms with van der Waals surface area (Å²) in [6.07, 6.45) is 7.40. The van der Waals surface area contributed by atoms with Crippen LogP contribution in [-0.4, -0.2) is 20.5 Å². The Bertz CT molecular complexity index is 673. The number of carbonyl (C=O) groups is 1. The van der Waals surface area contributed by atoms with E-state index in [0.717, 1.165) is 18.4 Å². The van der Waals surface area contributed by atoms with Gasteiger partial charge in [0.1, 0.15) is 18.4 Å². The van der Waals surface area contributed by atoms with E-state index >= 15 is 0 Å². The number of benzene rings is 1. The Balaban J connectivity index is 2.25. The second-order valence-electron chi connectivity index (χ2n) is 6.23. The highest BCUT2D eigenvalue weighted by molar-refractivity contribution is 6.30. The molecule has 0 radical (unpaired) electrons. The van der Waals surface area contributed by atoms with E-state index in [1.165, 1.54) is 6.33 Å². The summed E-state index contributed by atoms with van der Waals surface area (Å²) in [6, 6.07) is 7.62. The number of halogens is 1. The van der Waals surface area contributed by atoms with Gasteiger partial charge >= 0.3 is 0 Å². The lowest BCUT2D eigenvalue weighted by molar-refractivity contribution is -0.121. The SMILES string of the molecule is CCC/C=C(/C(=O)C(C)(C)Cc1ccc(Cl)cc1)n1cncn1. The first-order chi connectivity index (χ1) is 10.9. The van der Waals surface area contributed by atoms with Crippen molar-refractivity contribution >= 4 is 23.1 Å². The summed E-state index contributed by atoms with van der Waals surface area (Å²) in [6.45, 7) is 6.00. The van der Waals surface area contributed by atoms with Crippen LogP contribution >= 0.6 is 11.6 Å². The van der Waals surface area contributed by atoms with Gasteiger partial charge in [-0.3, -0.25) is 4.79 Å². The summed E-state index contributed by atoms with van der Waals surface area (Å²) in [5.74, 6) is 0.0615. The van der Waals surface area contributed by atoms with Crippen LogP contribution in [0.15, 0.2) is 43.0 Å². The maximum absolute atomic E-state index is 13.1. The van der Waals surface area contributed by atoms with E-state index in [4.69, 9.17) is 11.6 Å². The minimum absolute atomic E-state index is 0.0615. The molecule has 0 aliphatic heterocycles. The van der Waals surface area contributed by atoms with E-state index in [0.29, 0.717) is 17.1 Å². The summed E-state index contributed by atoms with van der Waals surface area (Å²) in [7, 11) is 0. The normalized spacial score (nSPS) is 12.4. The molecule has 1 aromatic heterocycles. The highest BCUT2D eigenvalue weighted by Crippen LogP contribution is 2.28. The van der Waals surface area contributed by atoms with Crippen LogP contribution < -0.4 is 0 Å². The Hall–Kier alpha value is -1.94. The van der Waals surface area contributed by atoms with E-state index in [9.17, 15) is 4.79 Å². The van der Waals surface area contributed by atoms with Crippen molar-refractivity contribution in [2.45, 2.75) is 40.0 Å². The molecule has 1 aromatic carbocycles. The number of ketones is 1. The van der Waals surface area contributed by atoms with Gasteiger partial charge in [0.2, 0.25) is 0 Å². The predicted molar refractivity (Wildman–Crippen MR) is 93.1 cm³/mol. The van der Waals surface area contributed by atoms with Crippen LogP contribution in [0.2, 0.25) is 5.02 Å². The van der Waals surface area contributed by atoms with Crippen LogP contribution in [0, 0.1) is 5.41 Å². The van der Waals surface area contributed by atoms with Crippen molar-refractivity contribution in [3.8, 4) is 0 Å². The van der Waals surface area contributed by atoms with E-state index in [2.05, 4.69) is 17.0 Å². The molecule has 2 rings (SSSR count). The maximum atomic E-state index is 13.1. The number of Topliss-reactive ketones (excluding diaryl/α,β-unsaturated/α-hetero) is 1. The number of hydrogen-bond donors (Lipinski definition) is 0. The van der Waals surface area contributed by atoms with Crippen molar-refractivity contribution < 1.29 is 4.79 Å². The van der Waals surface area contributed by atoms with E-state index in [1.807, 2.05) is 44.2 Å². The topological polar surface area (TPSA) is 47.8 Å². The molecule has 2 aromatic rings. The Morgan fingerprint density at radius 2 is 2.00 bits per heavy atom. The Labute approximate surface area is 142 Å². The molecule has 0 amide bonds. The molecule has 0 spiro atoms. The maximum Gasteiger partial charge on any atom is 0.186 e. The van der Waals surface area contributed by atoms with E-state index < -0.39 is 5.41 Å². The molecule has 122 valence electrons. The zero-order valence-corrected chi connectivity index (χ0v) is 14.5. The van der Waals surface area contributed by atoms with Gasteiger partial charge in [-0.1, -0.05) is 57.0 Å². The molecule has 0 N–H and O–H groups in total. The van der Waals surface area contributed by atoms with Crippen LogP contribution in [0.3, 0.4) is 0 Å². The highest BCUT2D eigenvalue weighted by Gasteiger charge is 2.31. The molecule has 5 heteroatoms. The number of aromatic nitrogens is 3. The van der Waals surface area contributed by atoms with Crippen molar-refractivity contribution in [2.24, 2.45) is 5.41 Å². The third-order valence-corrected chi connectivity index (χ3v) is 3.95. The summed E-state index contributed by atoms with van der Waals surface area (Å²) in [4.78, 5) is 17.0. The van der Waals surface area contributed by atoms with Gasteiger partial charge in [-0.15, -0.1) is 0 Å². The van der Waals surface area contributed by atoms with Crippen LogP contribution in [-0.2, 0) is 11.2 Å². The molecule has 0 bridgehead atoms. The number of hydrogen-bond acceptors (Lipinski definition) is 3. The monoisotopic (exact) mass is 331 g/mol. The summed E-state index contributed by atoms with van der Waals surface area (Å²) in [5, 5.41) is 4.82. The Kier molecular flexibility index (Phi) is 5.72. The first-order valence-electron chi connectivity index (χ1n) is 7.78. The summed E-state index contributed by atoms with van der Waals surface area (Å²) in [5.41, 5.74) is 1.13. The van der Waals surface area contributed by atoms with Gasteiger partial charge in [-0.05, 0) is 30.5 Å². The lowest BCUT2D eigenvalue weighted by Gasteiger charge is -2.24. The molecule has 4 nitrogen and oxygen atoms in total. The number of nitrogens with zero attached hydrogens (tertiary/aromatic N) is 3. The smallest absolute Gasteiger partial charge is 0.186 e. The Morgan fingerprint density at radius 3 is 2.57 bits per heavy atom. The van der Waals surface area contributed by atoms with Gasteiger partial charge in [-0.25, -0.2) is 9.67 Å². The van der Waals surface area contributed by atoms with Crippen LogP contribution in [0.4, 0.5) is 0 Å². The molecular weight excluding hydrogens is 310 g/mol. The van der Waals surface area contributed by atoms with Crippen LogP contribution in [0.5, 0.6) is 0 Å². The molecule has 0 aliphatic carbocycles. The van der Waals surface area contributed by atoms with Gasteiger partial charge in [0.15, 0.2) is 5.78 Å². The third kappa shape index (κ3) is 4.52. The standard InChI is InChI=1S/C18H22ClN3O/c1-4-5-6-16(22-13-20-12-21-22)17(23)18(2,3)11-14-7-9-15(19)10-8-14/h6-10,12-13H,4-5,11H2,1-3H3/b16-6-. The molecule has 0 aliphatic rings. The highest BCUT2D eigenvalue weighted by atomic mass is 35.5. The molecule has 0 unspecified atom stereocenters. The van der Waals surface area contributed by atoms with Crippen LogP contribution in [0.25, 0.3) is 5.70 Å². The fourth-order valence-electron chi connectivity index (χ4n) is 2.44. The van der Waals surface area contributed by atoms with Crippen molar-refractivity contribution in [3.05, 3.63) is 53.6 Å². The predicted octanol–water partition coefficient (Wildman–Crippen LogP) is 4.41. The fraction of sp³-hybridized carbons (Fsp3) is 0.389. The average molecular weight is 332 g/mol. The molecule has 0 atom stereocenters. The van der Waals surface area contributed by atoms with E-state index in [-0.39, 0.29) is 5.78 Å². The van der Waals surface area contributed by atoms with E-state index in [1.54, 1.807) is 11.0 Å². The zero-order valence-electron chi connectivity index (χ0n) is 13.8. The number of unbranched alkanes of at least 4 members (excludes halogenated alkanes) is 1. The molecule has 1 heterocycles. The molecule has 23 heavy (non-hydrogen) atoms. The Morgan fingerprint density at radius 1 is 1.30 bits per heavy atom. The summed E-state index contributed by atoms with van der Waals surface area (Å²) >= 11 is 5.93. The average Bonchev–Trinajstić information content (AvgIpc) is 3.04. The first-order valence-corrected chi connectivity index (χ1v) is 8.16. The van der Waals surface area contributed by atoms with Gasteiger partial charge in [0, 0.05) is 10.4 Å². The fourth-order valence-corrected chi connectivity index (χ4v) is 2.57. The van der Waals surface area contributed by atoms with Crippen molar-refractivity contribution in [3.63, 3.8) is 0 Å². The molecule has 0 fully saturated rings. The van der Waals surface area contributed by atoms with Gasteiger partial charge in [0.25, 0.3) is 0 Å². The third-order valence-electron chi connectivity index (χ3n) is 3.70. The zero-order chi connectivity index (χ0) is 16.9. The van der Waals surface area contributed by atoms with Crippen molar-refractivity contribution in [1.82, 2.24) is 14.8 Å². The second kappa shape index (κ2) is 7.55. The van der Waals surface area contributed by atoms with Crippen molar-refractivity contribution in [1.29, 1.82) is 0 Å². The van der Waals surface area contributed by atoms with Crippen LogP contribution in [0.1, 0.15) is 39.2 Å². The minimum atomic E-state index is -0.542. The lowest BCUT2D eigenvalue weighted by Crippen LogP contribution is -2.29. The molecule has 0 saturated heterocycles. The second-order valence-corrected chi connectivity index (χ2v) is 6.67. The quantitative estimate of drug-likeness (QED) is 0.706. The largest absolute Gasteiger partial charge is 0.292 e. The van der Waals surface area contributed by atoms with Gasteiger partial charge in [-0.2, -0.15) is 5.10 Å². The number of rotatable bonds is 7. The molecule has 0 saturated carbocycles. The van der Waals surface area contributed by atoms with Crippen molar-refractivity contribution in [2.75, 3.05) is 0 Å². The number of carbonyl (C=O) groups excluding carboxylic acids is 1. The van der Waals surface area contributed by atoms with Gasteiger partial charge in [0.05, 0.1) is 0 Å². The minimum Gasteiger partial charge on any atom is -0.292 e. The lowest BCUT2D eigenvalue weighted by atomic mass is 9.80. The van der Waals surface area contributed by atoms with Gasteiger partial charge < -0.3 is 0 Å². The number of allylic oxidation sites excluding steroid dienone is 2. The molecular formula is C18H22ClN3O.